The Hall–Kier alpha value is -3.72. The highest BCUT2D eigenvalue weighted by Crippen LogP contribution is 2.65. The van der Waals surface area contributed by atoms with Gasteiger partial charge in [0.15, 0.2) is 29.8 Å². The molecule has 4 aliphatic rings. The molecule has 0 aromatic heterocycles. The molecular weight excluding hydrogens is 534 g/mol. The van der Waals surface area contributed by atoms with E-state index >= 15 is 0 Å². The van der Waals surface area contributed by atoms with Crippen LogP contribution >= 0.6 is 0 Å². The first-order valence-electron chi connectivity index (χ1n) is 12.6. The number of esters is 2. The van der Waals surface area contributed by atoms with Gasteiger partial charge in [-0.15, -0.1) is 0 Å². The Kier molecular flexibility index (Phi) is 6.77. The maximum Gasteiger partial charge on any atom is 0.345 e. The molecule has 2 bridgehead atoms. The number of carbonyl (C=O) groups is 4. The van der Waals surface area contributed by atoms with Crippen molar-refractivity contribution in [2.24, 2.45) is 0 Å². The number of carboxylic acid groups (broad SMARTS) is 2. The predicted octanol–water partition coefficient (Wildman–Crippen LogP) is -1.29. The van der Waals surface area contributed by atoms with Gasteiger partial charge in [-0.2, -0.15) is 0 Å². The molecule has 2 aliphatic heterocycles. The van der Waals surface area contributed by atoms with Crippen molar-refractivity contribution >= 4 is 23.9 Å². The molecule has 5 N–H and O–H groups in total. The monoisotopic (exact) mass is 563 g/mol. The highest BCUT2D eigenvalue weighted by Gasteiger charge is 2.72. The molecule has 1 saturated heterocycles. The Morgan fingerprint density at radius 3 is 2.50 bits per heavy atom. The van der Waals surface area contributed by atoms with Crippen molar-refractivity contribution in [3.63, 3.8) is 0 Å². The number of likely N-dealkylation sites (tertiary alicyclic amines) is 1. The highest BCUT2D eigenvalue weighted by molar-refractivity contribution is 5.88. The molecule has 1 aromatic rings. The lowest BCUT2D eigenvalue weighted by Gasteiger charge is -2.61. The average molecular weight is 564 g/mol. The van der Waals surface area contributed by atoms with Crippen molar-refractivity contribution in [3.8, 4) is 11.5 Å². The molecule has 5 rings (SSSR count). The van der Waals surface area contributed by atoms with Crippen molar-refractivity contribution in [1.29, 1.82) is 0 Å². The van der Waals surface area contributed by atoms with E-state index in [9.17, 15) is 34.5 Å². The number of benzene rings is 1. The minimum atomic E-state index is -2.57. The summed E-state index contributed by atoms with van der Waals surface area (Å²) in [6.45, 7) is 0.610. The van der Waals surface area contributed by atoms with E-state index in [4.69, 9.17) is 24.4 Å². The molecule has 1 fully saturated rings. The van der Waals surface area contributed by atoms with Gasteiger partial charge in [-0.25, -0.2) is 14.4 Å². The van der Waals surface area contributed by atoms with E-state index in [1.54, 1.807) is 6.07 Å². The minimum Gasteiger partial charge on any atom is -0.493 e. The number of aliphatic hydroxyl groups excluding tert-OH is 2. The zero-order valence-corrected chi connectivity index (χ0v) is 21.6. The van der Waals surface area contributed by atoms with Crippen LogP contribution in [0.15, 0.2) is 24.0 Å². The third kappa shape index (κ3) is 3.93. The highest BCUT2D eigenvalue weighted by atomic mass is 16.6. The topological polar surface area (TPSA) is 210 Å². The van der Waals surface area contributed by atoms with Crippen LogP contribution in [0.1, 0.15) is 30.4 Å². The number of piperidine rings is 1. The molecular formula is C26H29NO13. The lowest BCUT2D eigenvalue weighted by molar-refractivity contribution is -0.184. The van der Waals surface area contributed by atoms with E-state index in [1.165, 1.54) is 13.2 Å². The molecule has 0 unspecified atom stereocenters. The molecule has 2 heterocycles. The zero-order chi connectivity index (χ0) is 29.1. The van der Waals surface area contributed by atoms with E-state index in [0.717, 1.165) is 11.1 Å². The number of carbonyl (C=O) groups excluding carboxylic acids is 2. The number of aliphatic hydroxyl groups is 3. The number of nitrogens with zero attached hydrogens (tertiary/aromatic N) is 1. The van der Waals surface area contributed by atoms with Crippen LogP contribution in [0.3, 0.4) is 0 Å². The fraction of sp³-hybridized carbons (Fsp3) is 0.538. The van der Waals surface area contributed by atoms with Crippen LogP contribution in [0, 0.1) is 0 Å². The number of likely N-dealkylation sites (N-methyl/N-ethyl adjacent to an activating group) is 1. The van der Waals surface area contributed by atoms with E-state index < -0.39 is 65.7 Å². The largest absolute Gasteiger partial charge is 0.493 e. The number of carboxylic acids is 2. The summed E-state index contributed by atoms with van der Waals surface area (Å²) in [4.78, 5) is 49.1. The molecule has 40 heavy (non-hydrogen) atoms. The Bertz CT molecular complexity index is 1310. The number of hydrogen-bond donors (Lipinski definition) is 5. The quantitative estimate of drug-likeness (QED) is 0.221. The molecule has 1 spiro atoms. The number of rotatable bonds is 9. The summed E-state index contributed by atoms with van der Waals surface area (Å²) in [7, 11) is 3.41. The molecule has 14 nitrogen and oxygen atoms in total. The predicted molar refractivity (Wildman–Crippen MR) is 129 cm³/mol. The summed E-state index contributed by atoms with van der Waals surface area (Å²) in [6, 6.07) is 3.42. The summed E-state index contributed by atoms with van der Waals surface area (Å²) in [5.41, 5.74) is -0.573. The van der Waals surface area contributed by atoms with Gasteiger partial charge in [0.1, 0.15) is 5.76 Å². The molecule has 0 saturated carbocycles. The molecule has 7 atom stereocenters. The lowest BCUT2D eigenvalue weighted by Crippen LogP contribution is -2.74. The van der Waals surface area contributed by atoms with Gasteiger partial charge < -0.3 is 49.4 Å². The first-order valence-corrected chi connectivity index (χ1v) is 12.6. The Labute approximate surface area is 227 Å². The molecule has 0 amide bonds. The van der Waals surface area contributed by atoms with Crippen LogP contribution < -0.4 is 9.47 Å². The first kappa shape index (κ1) is 27.8. The molecule has 1 aromatic carbocycles. The average Bonchev–Trinajstić information content (AvgIpc) is 3.26. The molecule has 216 valence electrons. The van der Waals surface area contributed by atoms with Crippen molar-refractivity contribution in [3.05, 3.63) is 35.1 Å². The molecule has 0 radical (unpaired) electrons. The summed E-state index contributed by atoms with van der Waals surface area (Å²) in [6.07, 6.45) is -6.77. The fourth-order valence-electron chi connectivity index (χ4n) is 6.57. The standard InChI is InChI=1S/C26H29NO13/c1-27-8-7-25-17-11-3-4-12(37-2)20(17)40-21(25)13(5-6-26(25,36)15(27)9-11)38-23(34)18(30)19(31)24(35)39-14(22(32)33)10-16(28)29/h3-5,14-15,18-19,21,30-31,36H,6-10H2,1-2H3,(H,28,29)(H,32,33)/t14-,15+,18+,19+,21-,25-,26+/m0/s1. The van der Waals surface area contributed by atoms with Crippen LogP contribution in [-0.2, 0) is 40.5 Å². The smallest absolute Gasteiger partial charge is 0.345 e. The van der Waals surface area contributed by atoms with Crippen LogP contribution in [-0.4, -0.2) is 111 Å². The summed E-state index contributed by atoms with van der Waals surface area (Å²) in [5, 5.41) is 50.5. The second-order valence-electron chi connectivity index (χ2n) is 10.5. The first-order chi connectivity index (χ1) is 18.9. The van der Waals surface area contributed by atoms with Gasteiger partial charge in [-0.3, -0.25) is 4.79 Å². The van der Waals surface area contributed by atoms with Crippen molar-refractivity contribution in [1.82, 2.24) is 4.90 Å². The number of hydrogen-bond acceptors (Lipinski definition) is 12. The molecule has 2 aliphatic carbocycles. The molecule has 14 heteroatoms. The summed E-state index contributed by atoms with van der Waals surface area (Å²) >= 11 is 0. The maximum atomic E-state index is 12.9. The maximum absolute atomic E-state index is 12.9. The second-order valence-corrected chi connectivity index (χ2v) is 10.5. The Balaban J connectivity index is 1.41. The van der Waals surface area contributed by atoms with Gasteiger partial charge in [-0.1, -0.05) is 6.07 Å². The van der Waals surface area contributed by atoms with Gasteiger partial charge in [0.2, 0.25) is 6.10 Å². The van der Waals surface area contributed by atoms with Gasteiger partial charge in [0.25, 0.3) is 0 Å². The van der Waals surface area contributed by atoms with Gasteiger partial charge >= 0.3 is 23.9 Å². The van der Waals surface area contributed by atoms with E-state index in [1.807, 2.05) is 13.1 Å². The van der Waals surface area contributed by atoms with Crippen molar-refractivity contribution in [2.45, 2.75) is 67.2 Å². The SMILES string of the molecule is COc1ccc2c3c1O[C@H]1C(OC(=O)[C@H](O)[C@@H](O)C(=O)O[C@@H](CC(=O)O)C(=O)O)=CC[C@@]4(O)[C@@H](C2)N(C)CC[C@]314. The normalized spacial score (nSPS) is 30.1. The lowest BCUT2D eigenvalue weighted by atomic mass is 9.50. The van der Waals surface area contributed by atoms with Crippen LogP contribution in [0.4, 0.5) is 0 Å². The number of ether oxygens (including phenoxy) is 4. The third-order valence-electron chi connectivity index (χ3n) is 8.45. The van der Waals surface area contributed by atoms with Crippen LogP contribution in [0.5, 0.6) is 11.5 Å². The van der Waals surface area contributed by atoms with Crippen molar-refractivity contribution < 1.29 is 63.7 Å². The van der Waals surface area contributed by atoms with Crippen LogP contribution in [0.25, 0.3) is 0 Å². The van der Waals surface area contributed by atoms with Gasteiger partial charge in [0, 0.05) is 18.0 Å². The van der Waals surface area contributed by atoms with Gasteiger partial charge in [-0.05, 0) is 44.1 Å². The van der Waals surface area contributed by atoms with Crippen LogP contribution in [0.2, 0.25) is 0 Å². The summed E-state index contributed by atoms with van der Waals surface area (Å²) in [5.74, 6) is -5.77. The third-order valence-corrected chi connectivity index (χ3v) is 8.45. The van der Waals surface area contributed by atoms with Crippen molar-refractivity contribution in [2.75, 3.05) is 20.7 Å². The van der Waals surface area contributed by atoms with Gasteiger partial charge in [0.05, 0.1) is 24.5 Å². The van der Waals surface area contributed by atoms with E-state index in [0.29, 0.717) is 30.9 Å². The second kappa shape index (κ2) is 9.73. The minimum absolute atomic E-state index is 0.0435. The Morgan fingerprint density at radius 2 is 1.85 bits per heavy atom. The summed E-state index contributed by atoms with van der Waals surface area (Å²) < 4.78 is 21.7. The fourth-order valence-corrected chi connectivity index (χ4v) is 6.57. The van der Waals surface area contributed by atoms with E-state index in [-0.39, 0.29) is 18.2 Å². The zero-order valence-electron chi connectivity index (χ0n) is 21.6. The number of methoxy groups -OCH3 is 1. The Morgan fingerprint density at radius 1 is 1.15 bits per heavy atom. The van der Waals surface area contributed by atoms with E-state index in [2.05, 4.69) is 9.64 Å². The number of aliphatic carboxylic acids is 2.